The minimum absolute atomic E-state index is 0.0237. The summed E-state index contributed by atoms with van der Waals surface area (Å²) in [6.07, 6.45) is 6.11. The number of ether oxygens (including phenoxy) is 1. The maximum atomic E-state index is 13.0. The lowest BCUT2D eigenvalue weighted by Crippen LogP contribution is -2.40. The Morgan fingerprint density at radius 3 is 2.87 bits per heavy atom. The predicted molar refractivity (Wildman–Crippen MR) is 115 cm³/mol. The molecule has 1 aromatic carbocycles. The van der Waals surface area contributed by atoms with E-state index in [-0.39, 0.29) is 11.8 Å². The molecule has 0 saturated carbocycles. The molecular formula is C24H27N3O3. The summed E-state index contributed by atoms with van der Waals surface area (Å²) in [5.74, 6) is 3.16. The number of likely N-dealkylation sites (tertiary alicyclic amines) is 1. The van der Waals surface area contributed by atoms with Gasteiger partial charge in [-0.2, -0.15) is 0 Å². The molecule has 0 radical (unpaired) electrons. The molecule has 1 amide bonds. The summed E-state index contributed by atoms with van der Waals surface area (Å²) in [5.41, 5.74) is 0.669. The van der Waals surface area contributed by atoms with E-state index in [0.717, 1.165) is 50.4 Å². The Labute approximate surface area is 176 Å². The Balaban J connectivity index is 1.39. The molecule has 6 heteroatoms. The highest BCUT2D eigenvalue weighted by Gasteiger charge is 2.27. The molecule has 2 aromatic heterocycles. The van der Waals surface area contributed by atoms with Gasteiger partial charge < -0.3 is 14.5 Å². The summed E-state index contributed by atoms with van der Waals surface area (Å²) in [6.45, 7) is 4.52. The molecule has 6 nitrogen and oxygen atoms in total. The van der Waals surface area contributed by atoms with Gasteiger partial charge >= 0.3 is 0 Å². The van der Waals surface area contributed by atoms with E-state index in [2.05, 4.69) is 22.1 Å². The maximum Gasteiger partial charge on any atom is 0.228 e. The SMILES string of the molecule is CCc1ccc(CN2CCCC(C(=O)Nc3ccccc3Oc3cccnc3)C2)o1. The zero-order valence-electron chi connectivity index (χ0n) is 17.2. The number of hydrogen-bond donors (Lipinski definition) is 1. The van der Waals surface area contributed by atoms with Gasteiger partial charge in [-0.05, 0) is 55.8 Å². The summed E-state index contributed by atoms with van der Waals surface area (Å²) < 4.78 is 11.7. The average Bonchev–Trinajstić information content (AvgIpc) is 3.23. The number of carbonyl (C=O) groups excluding carboxylic acids is 1. The Morgan fingerprint density at radius 2 is 2.07 bits per heavy atom. The van der Waals surface area contributed by atoms with Gasteiger partial charge in [-0.15, -0.1) is 0 Å². The molecule has 1 unspecified atom stereocenters. The van der Waals surface area contributed by atoms with Crippen LogP contribution in [0.25, 0.3) is 0 Å². The number of piperidine rings is 1. The summed E-state index contributed by atoms with van der Waals surface area (Å²) in [6, 6.07) is 15.2. The fraction of sp³-hybridized carbons (Fsp3) is 0.333. The third kappa shape index (κ3) is 5.07. The van der Waals surface area contributed by atoms with Gasteiger partial charge in [0.25, 0.3) is 0 Å². The fourth-order valence-corrected chi connectivity index (χ4v) is 3.76. The molecule has 0 bridgehead atoms. The minimum Gasteiger partial charge on any atom is -0.465 e. The van der Waals surface area contributed by atoms with Crippen molar-refractivity contribution >= 4 is 11.6 Å². The van der Waals surface area contributed by atoms with Crippen molar-refractivity contribution in [1.29, 1.82) is 0 Å². The highest BCUT2D eigenvalue weighted by molar-refractivity contribution is 5.94. The van der Waals surface area contributed by atoms with Crippen LogP contribution in [0.2, 0.25) is 0 Å². The van der Waals surface area contributed by atoms with Crippen molar-refractivity contribution in [2.24, 2.45) is 5.92 Å². The molecule has 3 aromatic rings. The van der Waals surface area contributed by atoms with Gasteiger partial charge in [0.05, 0.1) is 24.3 Å². The third-order valence-electron chi connectivity index (χ3n) is 5.33. The van der Waals surface area contributed by atoms with Crippen LogP contribution >= 0.6 is 0 Å². The van der Waals surface area contributed by atoms with Crippen molar-refractivity contribution < 1.29 is 13.9 Å². The molecular weight excluding hydrogens is 378 g/mol. The van der Waals surface area contributed by atoms with E-state index in [9.17, 15) is 4.79 Å². The number of carbonyl (C=O) groups is 1. The second-order valence-corrected chi connectivity index (χ2v) is 7.57. The number of aryl methyl sites for hydroxylation is 1. The lowest BCUT2D eigenvalue weighted by molar-refractivity contribution is -0.121. The first kappa shape index (κ1) is 20.2. The predicted octanol–water partition coefficient (Wildman–Crippen LogP) is 4.88. The van der Waals surface area contributed by atoms with E-state index in [1.807, 2.05) is 48.5 Å². The quantitative estimate of drug-likeness (QED) is 0.607. The molecule has 1 aliphatic heterocycles. The number of pyridine rings is 1. The van der Waals surface area contributed by atoms with Gasteiger partial charge in [-0.1, -0.05) is 19.1 Å². The highest BCUT2D eigenvalue weighted by atomic mass is 16.5. The molecule has 4 rings (SSSR count). The lowest BCUT2D eigenvalue weighted by Gasteiger charge is -2.31. The van der Waals surface area contributed by atoms with Gasteiger partial charge in [0.1, 0.15) is 17.3 Å². The van der Waals surface area contributed by atoms with Crippen LogP contribution in [0.3, 0.4) is 0 Å². The second-order valence-electron chi connectivity index (χ2n) is 7.57. The van der Waals surface area contributed by atoms with E-state index in [1.54, 1.807) is 12.4 Å². The van der Waals surface area contributed by atoms with Crippen molar-refractivity contribution in [2.75, 3.05) is 18.4 Å². The van der Waals surface area contributed by atoms with Crippen LogP contribution in [0.1, 0.15) is 31.3 Å². The highest BCUT2D eigenvalue weighted by Crippen LogP contribution is 2.30. The van der Waals surface area contributed by atoms with Crippen LogP contribution in [-0.4, -0.2) is 28.9 Å². The number of para-hydroxylation sites is 2. The normalized spacial score (nSPS) is 16.9. The number of aromatic nitrogens is 1. The first-order chi connectivity index (χ1) is 14.7. The van der Waals surface area contributed by atoms with Gasteiger partial charge in [0.15, 0.2) is 5.75 Å². The third-order valence-corrected chi connectivity index (χ3v) is 5.33. The van der Waals surface area contributed by atoms with E-state index < -0.39 is 0 Å². The molecule has 1 saturated heterocycles. The number of rotatable bonds is 7. The number of nitrogens with one attached hydrogen (secondary N) is 1. The zero-order chi connectivity index (χ0) is 20.8. The Kier molecular flexibility index (Phi) is 6.44. The van der Waals surface area contributed by atoms with E-state index in [0.29, 0.717) is 17.2 Å². The number of hydrogen-bond acceptors (Lipinski definition) is 5. The van der Waals surface area contributed by atoms with Crippen LogP contribution in [0.15, 0.2) is 65.3 Å². The summed E-state index contributed by atoms with van der Waals surface area (Å²) in [4.78, 5) is 19.4. The monoisotopic (exact) mass is 405 g/mol. The molecule has 156 valence electrons. The van der Waals surface area contributed by atoms with Crippen molar-refractivity contribution in [3.05, 3.63) is 72.4 Å². The Hall–Kier alpha value is -3.12. The van der Waals surface area contributed by atoms with E-state index >= 15 is 0 Å². The zero-order valence-corrected chi connectivity index (χ0v) is 17.2. The summed E-state index contributed by atoms with van der Waals surface area (Å²) in [5, 5.41) is 3.06. The first-order valence-corrected chi connectivity index (χ1v) is 10.5. The van der Waals surface area contributed by atoms with Crippen LogP contribution in [0, 0.1) is 5.92 Å². The number of furan rings is 1. The topological polar surface area (TPSA) is 67.6 Å². The molecule has 1 fully saturated rings. The van der Waals surface area contributed by atoms with Crippen molar-refractivity contribution in [2.45, 2.75) is 32.7 Å². The summed E-state index contributed by atoms with van der Waals surface area (Å²) in [7, 11) is 0. The smallest absolute Gasteiger partial charge is 0.228 e. The Morgan fingerprint density at radius 1 is 1.20 bits per heavy atom. The van der Waals surface area contributed by atoms with Gasteiger partial charge in [-0.3, -0.25) is 14.7 Å². The first-order valence-electron chi connectivity index (χ1n) is 10.5. The maximum absolute atomic E-state index is 13.0. The fourth-order valence-electron chi connectivity index (χ4n) is 3.76. The van der Waals surface area contributed by atoms with Gasteiger partial charge in [0, 0.05) is 19.2 Å². The summed E-state index contributed by atoms with van der Waals surface area (Å²) >= 11 is 0. The average molecular weight is 405 g/mol. The molecule has 1 atom stereocenters. The van der Waals surface area contributed by atoms with Crippen LogP contribution in [-0.2, 0) is 17.8 Å². The van der Waals surface area contributed by atoms with Crippen LogP contribution in [0.5, 0.6) is 11.5 Å². The van der Waals surface area contributed by atoms with Crippen molar-refractivity contribution in [3.63, 3.8) is 0 Å². The standard InChI is InChI=1S/C24H27N3O3/c1-2-19-11-12-21(29-19)17-27-14-6-7-18(16-27)24(28)26-22-9-3-4-10-23(22)30-20-8-5-13-25-15-20/h3-5,8-13,15,18H,2,6-7,14,16-17H2,1H3,(H,26,28). The largest absolute Gasteiger partial charge is 0.465 e. The van der Waals surface area contributed by atoms with Gasteiger partial charge in [-0.25, -0.2) is 0 Å². The molecule has 0 aliphatic carbocycles. The number of benzene rings is 1. The molecule has 1 aliphatic rings. The van der Waals surface area contributed by atoms with Crippen molar-refractivity contribution in [1.82, 2.24) is 9.88 Å². The van der Waals surface area contributed by atoms with Crippen LogP contribution < -0.4 is 10.1 Å². The molecule has 30 heavy (non-hydrogen) atoms. The lowest BCUT2D eigenvalue weighted by atomic mass is 9.97. The van der Waals surface area contributed by atoms with Crippen LogP contribution in [0.4, 0.5) is 5.69 Å². The van der Waals surface area contributed by atoms with Gasteiger partial charge in [0.2, 0.25) is 5.91 Å². The molecule has 0 spiro atoms. The number of nitrogens with zero attached hydrogens (tertiary/aromatic N) is 2. The van der Waals surface area contributed by atoms with E-state index in [4.69, 9.17) is 9.15 Å². The Bertz CT molecular complexity index is 971. The molecule has 3 heterocycles. The molecule has 1 N–H and O–H groups in total. The second kappa shape index (κ2) is 9.59. The van der Waals surface area contributed by atoms with E-state index in [1.165, 1.54) is 0 Å². The number of anilines is 1. The number of amides is 1. The van der Waals surface area contributed by atoms with Crippen molar-refractivity contribution in [3.8, 4) is 11.5 Å². The minimum atomic E-state index is -0.0641.